The summed E-state index contributed by atoms with van der Waals surface area (Å²) in [5, 5.41) is 0. The van der Waals surface area contributed by atoms with Crippen LogP contribution in [-0.4, -0.2) is 35.0 Å². The largest absolute Gasteiger partial charge is 0.394 e. The van der Waals surface area contributed by atoms with Crippen molar-refractivity contribution in [1.29, 1.82) is 0 Å². The summed E-state index contributed by atoms with van der Waals surface area (Å²) in [6.07, 6.45) is 2.08. The van der Waals surface area contributed by atoms with Crippen LogP contribution < -0.4 is 0 Å². The Labute approximate surface area is 114 Å². The van der Waals surface area contributed by atoms with E-state index >= 15 is 0 Å². The molecule has 0 radical (unpaired) electrons. The molecule has 18 heavy (non-hydrogen) atoms. The molecule has 0 spiro atoms. The first kappa shape index (κ1) is 17.8. The van der Waals surface area contributed by atoms with E-state index in [0.29, 0.717) is 13.2 Å². The summed E-state index contributed by atoms with van der Waals surface area (Å²) in [6.45, 7) is 15.2. The molecule has 0 aliphatic rings. The van der Waals surface area contributed by atoms with Crippen LogP contribution in [0.2, 0.25) is 12.1 Å². The summed E-state index contributed by atoms with van der Waals surface area (Å²) >= 11 is 0. The molecule has 0 aromatic rings. The molecule has 0 rings (SSSR count). The summed E-state index contributed by atoms with van der Waals surface area (Å²) in [4.78, 5) is 0. The van der Waals surface area contributed by atoms with Gasteiger partial charge in [0.25, 0.3) is 0 Å². The van der Waals surface area contributed by atoms with Crippen LogP contribution in [0.25, 0.3) is 0 Å². The van der Waals surface area contributed by atoms with Crippen molar-refractivity contribution < 1.29 is 13.6 Å². The van der Waals surface area contributed by atoms with Gasteiger partial charge < -0.3 is 13.6 Å². The molecule has 0 aliphatic carbocycles. The Bertz CT molecular complexity index is 211. The Morgan fingerprint density at radius 1 is 1.00 bits per heavy atom. The third-order valence-corrected chi connectivity index (χ3v) is 6.16. The molecule has 4 heteroatoms. The second-order valence-corrected chi connectivity index (χ2v) is 8.33. The smallest absolute Gasteiger partial charge is 0.340 e. The zero-order valence-corrected chi connectivity index (χ0v) is 13.6. The fourth-order valence-corrected chi connectivity index (χ4v) is 4.36. The van der Waals surface area contributed by atoms with E-state index in [0.717, 1.165) is 43.7 Å². The Kier molecular flexibility index (Phi) is 10.6. The second-order valence-electron chi connectivity index (χ2n) is 4.72. The van der Waals surface area contributed by atoms with Crippen molar-refractivity contribution in [3.05, 3.63) is 12.2 Å². The van der Waals surface area contributed by atoms with E-state index in [9.17, 15) is 0 Å². The highest BCUT2D eigenvalue weighted by molar-refractivity contribution is 6.67. The molecule has 0 heterocycles. The van der Waals surface area contributed by atoms with Crippen molar-refractivity contribution in [2.45, 2.75) is 52.6 Å². The van der Waals surface area contributed by atoms with Gasteiger partial charge in [-0.05, 0) is 25.8 Å². The van der Waals surface area contributed by atoms with Gasteiger partial charge in [-0.2, -0.15) is 0 Å². The molecule has 0 atom stereocenters. The Morgan fingerprint density at radius 3 is 1.94 bits per heavy atom. The van der Waals surface area contributed by atoms with Crippen LogP contribution in [0.1, 0.15) is 40.5 Å². The lowest BCUT2D eigenvalue weighted by Crippen LogP contribution is -2.43. The number of ether oxygens (including phenoxy) is 1. The van der Waals surface area contributed by atoms with E-state index in [4.69, 9.17) is 13.6 Å². The predicted molar refractivity (Wildman–Crippen MR) is 79.2 cm³/mol. The molecule has 0 saturated heterocycles. The van der Waals surface area contributed by atoms with Crippen molar-refractivity contribution in [1.82, 2.24) is 0 Å². The Morgan fingerprint density at radius 2 is 1.56 bits per heavy atom. The van der Waals surface area contributed by atoms with Gasteiger partial charge in [-0.1, -0.05) is 32.9 Å². The van der Waals surface area contributed by atoms with E-state index < -0.39 is 8.56 Å². The third kappa shape index (κ3) is 8.03. The minimum Gasteiger partial charge on any atom is -0.394 e. The van der Waals surface area contributed by atoms with Crippen LogP contribution in [0.4, 0.5) is 0 Å². The third-order valence-electron chi connectivity index (χ3n) is 2.65. The minimum atomic E-state index is -2.04. The topological polar surface area (TPSA) is 27.7 Å². The SMILES string of the molecule is C=C(C)COCC[Si](CC)(OCCC)OCCC. The average Bonchev–Trinajstić information content (AvgIpc) is 2.37. The first-order chi connectivity index (χ1) is 8.60. The highest BCUT2D eigenvalue weighted by Crippen LogP contribution is 2.20. The summed E-state index contributed by atoms with van der Waals surface area (Å²) in [5.41, 5.74) is 1.06. The molecule has 0 bridgehead atoms. The normalized spacial score (nSPS) is 11.8. The first-order valence-corrected chi connectivity index (χ1v) is 9.33. The molecule has 0 aliphatic heterocycles. The van der Waals surface area contributed by atoms with Gasteiger partial charge in [0.1, 0.15) is 0 Å². The zero-order valence-electron chi connectivity index (χ0n) is 12.6. The molecule has 0 aromatic carbocycles. The second kappa shape index (κ2) is 10.7. The summed E-state index contributed by atoms with van der Waals surface area (Å²) < 4.78 is 17.7. The number of hydrogen-bond donors (Lipinski definition) is 0. The van der Waals surface area contributed by atoms with Crippen LogP contribution in [0.3, 0.4) is 0 Å². The van der Waals surface area contributed by atoms with Crippen LogP contribution in [0.5, 0.6) is 0 Å². The molecule has 0 aromatic heterocycles. The minimum absolute atomic E-state index is 0.635. The van der Waals surface area contributed by atoms with Crippen molar-refractivity contribution >= 4 is 8.56 Å². The summed E-state index contributed by atoms with van der Waals surface area (Å²) in [5.74, 6) is 0. The molecule has 0 fully saturated rings. The lowest BCUT2D eigenvalue weighted by Gasteiger charge is -2.29. The highest BCUT2D eigenvalue weighted by atomic mass is 28.4. The maximum Gasteiger partial charge on any atom is 0.340 e. The van der Waals surface area contributed by atoms with E-state index in [1.165, 1.54) is 0 Å². The molecular weight excluding hydrogens is 244 g/mol. The monoisotopic (exact) mass is 274 g/mol. The fourth-order valence-electron chi connectivity index (χ4n) is 1.62. The van der Waals surface area contributed by atoms with Crippen LogP contribution in [0.15, 0.2) is 12.2 Å². The molecule has 3 nitrogen and oxygen atoms in total. The van der Waals surface area contributed by atoms with Crippen molar-refractivity contribution in [2.24, 2.45) is 0 Å². The molecule has 0 N–H and O–H groups in total. The van der Waals surface area contributed by atoms with Crippen molar-refractivity contribution in [3.8, 4) is 0 Å². The zero-order chi connectivity index (χ0) is 13.9. The van der Waals surface area contributed by atoms with Crippen LogP contribution in [0, 0.1) is 0 Å². The van der Waals surface area contributed by atoms with E-state index in [1.807, 2.05) is 6.92 Å². The lowest BCUT2D eigenvalue weighted by atomic mass is 10.4. The van der Waals surface area contributed by atoms with Gasteiger partial charge in [0.2, 0.25) is 0 Å². The summed E-state index contributed by atoms with van der Waals surface area (Å²) in [7, 11) is -2.04. The van der Waals surface area contributed by atoms with E-state index in [1.54, 1.807) is 0 Å². The summed E-state index contributed by atoms with van der Waals surface area (Å²) in [6, 6.07) is 1.90. The van der Waals surface area contributed by atoms with Gasteiger partial charge in [0, 0.05) is 25.9 Å². The molecular formula is C14H30O3Si. The maximum atomic E-state index is 6.05. The van der Waals surface area contributed by atoms with Gasteiger partial charge in [0.05, 0.1) is 6.61 Å². The highest BCUT2D eigenvalue weighted by Gasteiger charge is 2.35. The molecule has 108 valence electrons. The number of hydrogen-bond acceptors (Lipinski definition) is 3. The predicted octanol–water partition coefficient (Wildman–Crippen LogP) is 3.89. The van der Waals surface area contributed by atoms with Gasteiger partial charge >= 0.3 is 8.56 Å². The quantitative estimate of drug-likeness (QED) is 0.307. The van der Waals surface area contributed by atoms with Gasteiger partial charge in [-0.3, -0.25) is 0 Å². The molecule has 0 amide bonds. The standard InChI is InChI=1S/C14H30O3Si/c1-6-9-16-18(8-3,17-10-7-2)12-11-15-13-14(4)5/h4,6-13H2,1-3,5H3. The Balaban J connectivity index is 4.19. The maximum absolute atomic E-state index is 6.05. The molecule has 0 unspecified atom stereocenters. The Hall–Kier alpha value is -0.163. The van der Waals surface area contributed by atoms with Crippen LogP contribution in [-0.2, 0) is 13.6 Å². The van der Waals surface area contributed by atoms with Crippen LogP contribution >= 0.6 is 0 Å². The van der Waals surface area contributed by atoms with Crippen molar-refractivity contribution in [2.75, 3.05) is 26.4 Å². The fraction of sp³-hybridized carbons (Fsp3) is 0.857. The van der Waals surface area contributed by atoms with Gasteiger partial charge in [0.15, 0.2) is 0 Å². The lowest BCUT2D eigenvalue weighted by molar-refractivity contribution is 0.134. The van der Waals surface area contributed by atoms with Gasteiger partial charge in [-0.15, -0.1) is 0 Å². The van der Waals surface area contributed by atoms with E-state index in [2.05, 4.69) is 27.4 Å². The number of rotatable bonds is 12. The van der Waals surface area contributed by atoms with Gasteiger partial charge in [-0.25, -0.2) is 0 Å². The van der Waals surface area contributed by atoms with E-state index in [-0.39, 0.29) is 0 Å². The first-order valence-electron chi connectivity index (χ1n) is 7.10. The average molecular weight is 274 g/mol. The molecule has 0 saturated carbocycles. The van der Waals surface area contributed by atoms with Crippen molar-refractivity contribution in [3.63, 3.8) is 0 Å².